The van der Waals surface area contributed by atoms with Gasteiger partial charge in [0.25, 0.3) is 5.56 Å². The molecule has 4 aromatic rings. The van der Waals surface area contributed by atoms with Crippen LogP contribution >= 0.6 is 0 Å². The summed E-state index contributed by atoms with van der Waals surface area (Å²) in [5, 5.41) is 0. The summed E-state index contributed by atoms with van der Waals surface area (Å²) in [4.78, 5) is 35.7. The van der Waals surface area contributed by atoms with Crippen molar-refractivity contribution in [1.29, 1.82) is 0 Å². The monoisotopic (exact) mass is 417 g/mol. The molecular weight excluding hydrogens is 394 g/mol. The van der Waals surface area contributed by atoms with E-state index in [4.69, 9.17) is 4.74 Å². The summed E-state index contributed by atoms with van der Waals surface area (Å²) in [5.41, 5.74) is 4.92. The highest BCUT2D eigenvalue weighted by molar-refractivity contribution is 5.87. The van der Waals surface area contributed by atoms with Crippen LogP contribution in [0.2, 0.25) is 0 Å². The lowest BCUT2D eigenvalue weighted by Gasteiger charge is -2.36. The van der Waals surface area contributed by atoms with Gasteiger partial charge in [-0.3, -0.25) is 9.69 Å². The molecule has 158 valence electrons. The van der Waals surface area contributed by atoms with Crippen LogP contribution in [0, 0.1) is 0 Å². The molecule has 0 amide bonds. The minimum Gasteiger partial charge on any atom is -0.464 e. The number of benzene rings is 1. The van der Waals surface area contributed by atoms with Gasteiger partial charge in [0, 0.05) is 38.9 Å². The van der Waals surface area contributed by atoms with Gasteiger partial charge >= 0.3 is 5.97 Å². The third-order valence-electron chi connectivity index (χ3n) is 5.84. The van der Waals surface area contributed by atoms with E-state index in [0.717, 1.165) is 49.4 Å². The van der Waals surface area contributed by atoms with Crippen molar-refractivity contribution >= 4 is 28.2 Å². The Bertz CT molecular complexity index is 1300. The lowest BCUT2D eigenvalue weighted by atomic mass is 10.1. The van der Waals surface area contributed by atoms with Crippen molar-refractivity contribution in [2.24, 2.45) is 0 Å². The smallest absolute Gasteiger partial charge is 0.356 e. The molecule has 1 aromatic carbocycles. The predicted octanol–water partition coefficient (Wildman–Crippen LogP) is 2.28. The number of anilines is 1. The lowest BCUT2D eigenvalue weighted by molar-refractivity contribution is 0.0594. The zero-order valence-corrected chi connectivity index (χ0v) is 17.2. The Morgan fingerprint density at radius 1 is 1.10 bits per heavy atom. The van der Waals surface area contributed by atoms with Gasteiger partial charge in [0.05, 0.1) is 30.0 Å². The standard InChI is InChI=1S/C23H23N5O3/c1-31-23(30)18-6-5-17(14-24-18)27-11-9-26(10-12-27)15-16-4-7-20-19(13-16)25-22(29)21-3-2-8-28(20)21/h2-8,13-14H,9-12,15H2,1H3,(H,25,29). The molecule has 0 aliphatic carbocycles. The van der Waals surface area contributed by atoms with Gasteiger partial charge in [-0.05, 0) is 42.0 Å². The number of hydrogen-bond acceptors (Lipinski definition) is 6. The van der Waals surface area contributed by atoms with E-state index in [2.05, 4.69) is 38.0 Å². The van der Waals surface area contributed by atoms with E-state index >= 15 is 0 Å². The molecule has 4 heterocycles. The van der Waals surface area contributed by atoms with E-state index in [1.165, 1.54) is 12.7 Å². The molecule has 0 bridgehead atoms. The van der Waals surface area contributed by atoms with E-state index < -0.39 is 5.97 Å². The number of nitrogens with one attached hydrogen (secondary N) is 1. The molecule has 5 rings (SSSR count). The largest absolute Gasteiger partial charge is 0.464 e. The Balaban J connectivity index is 1.26. The minimum atomic E-state index is -0.425. The number of pyridine rings is 1. The number of esters is 1. The summed E-state index contributed by atoms with van der Waals surface area (Å²) in [6.45, 7) is 4.43. The summed E-state index contributed by atoms with van der Waals surface area (Å²) < 4.78 is 6.63. The van der Waals surface area contributed by atoms with Crippen molar-refractivity contribution < 1.29 is 9.53 Å². The second kappa shape index (κ2) is 7.88. The molecular formula is C23H23N5O3. The van der Waals surface area contributed by atoms with Crippen molar-refractivity contribution in [1.82, 2.24) is 19.3 Å². The summed E-state index contributed by atoms with van der Waals surface area (Å²) >= 11 is 0. The minimum absolute atomic E-state index is 0.0740. The Kier molecular flexibility index (Phi) is 4.91. The maximum atomic E-state index is 12.3. The molecule has 1 saturated heterocycles. The molecule has 0 unspecified atom stereocenters. The fourth-order valence-corrected chi connectivity index (χ4v) is 4.17. The van der Waals surface area contributed by atoms with Gasteiger partial charge in [-0.2, -0.15) is 0 Å². The number of aromatic amines is 1. The Labute approximate surface area is 178 Å². The molecule has 0 saturated carbocycles. The van der Waals surface area contributed by atoms with E-state index in [0.29, 0.717) is 11.2 Å². The lowest BCUT2D eigenvalue weighted by Crippen LogP contribution is -2.46. The third-order valence-corrected chi connectivity index (χ3v) is 5.84. The number of rotatable bonds is 4. The van der Waals surface area contributed by atoms with Crippen molar-refractivity contribution in [3.8, 4) is 0 Å². The van der Waals surface area contributed by atoms with Crippen molar-refractivity contribution in [2.75, 3.05) is 38.2 Å². The number of methoxy groups -OCH3 is 1. The topological polar surface area (TPSA) is 82.9 Å². The number of carbonyl (C=O) groups excluding carboxylic acids is 1. The number of carbonyl (C=O) groups is 1. The van der Waals surface area contributed by atoms with E-state index in [-0.39, 0.29) is 5.56 Å². The second-order valence-electron chi connectivity index (χ2n) is 7.73. The first-order chi connectivity index (χ1) is 15.1. The van der Waals surface area contributed by atoms with Crippen LogP contribution in [-0.4, -0.2) is 58.5 Å². The molecule has 3 aromatic heterocycles. The maximum Gasteiger partial charge on any atom is 0.356 e. The molecule has 31 heavy (non-hydrogen) atoms. The predicted molar refractivity (Wildman–Crippen MR) is 119 cm³/mol. The fraction of sp³-hybridized carbons (Fsp3) is 0.261. The van der Waals surface area contributed by atoms with Crippen LogP contribution in [0.25, 0.3) is 16.6 Å². The number of hydrogen-bond donors (Lipinski definition) is 1. The van der Waals surface area contributed by atoms with E-state index in [1.807, 2.05) is 28.8 Å². The van der Waals surface area contributed by atoms with Crippen LogP contribution in [-0.2, 0) is 11.3 Å². The van der Waals surface area contributed by atoms with Crippen molar-refractivity contribution in [3.63, 3.8) is 0 Å². The number of nitrogens with zero attached hydrogens (tertiary/aromatic N) is 4. The summed E-state index contributed by atoms with van der Waals surface area (Å²) in [7, 11) is 1.35. The SMILES string of the molecule is COC(=O)c1ccc(N2CCN(Cc3ccc4c(c3)[nH]c(=O)c3cccn34)CC2)cn1. The zero-order chi connectivity index (χ0) is 21.4. The summed E-state index contributed by atoms with van der Waals surface area (Å²) in [6, 6.07) is 13.6. The molecule has 1 aliphatic rings. The second-order valence-corrected chi connectivity index (χ2v) is 7.73. The maximum absolute atomic E-state index is 12.3. The Morgan fingerprint density at radius 3 is 2.68 bits per heavy atom. The summed E-state index contributed by atoms with van der Waals surface area (Å²) in [5.74, 6) is -0.425. The van der Waals surface area contributed by atoms with Crippen LogP contribution in [0.3, 0.4) is 0 Å². The molecule has 8 heteroatoms. The normalized spacial score (nSPS) is 14.9. The van der Waals surface area contributed by atoms with Gasteiger partial charge in [-0.25, -0.2) is 9.78 Å². The van der Waals surface area contributed by atoms with E-state index in [1.54, 1.807) is 12.3 Å². The van der Waals surface area contributed by atoms with Gasteiger partial charge in [0.2, 0.25) is 0 Å². The number of fused-ring (bicyclic) bond motifs is 3. The quantitative estimate of drug-likeness (QED) is 0.513. The average Bonchev–Trinajstić information content (AvgIpc) is 3.30. The molecule has 0 radical (unpaired) electrons. The van der Waals surface area contributed by atoms with Gasteiger partial charge in [-0.15, -0.1) is 0 Å². The average molecular weight is 417 g/mol. The first-order valence-electron chi connectivity index (χ1n) is 10.3. The zero-order valence-electron chi connectivity index (χ0n) is 17.2. The van der Waals surface area contributed by atoms with Gasteiger partial charge in [0.15, 0.2) is 0 Å². The molecule has 0 atom stereocenters. The van der Waals surface area contributed by atoms with Crippen molar-refractivity contribution in [3.05, 3.63) is 76.5 Å². The first kappa shape index (κ1) is 19.3. The highest BCUT2D eigenvalue weighted by Crippen LogP contribution is 2.19. The number of aromatic nitrogens is 3. The first-order valence-corrected chi connectivity index (χ1v) is 10.3. The van der Waals surface area contributed by atoms with Gasteiger partial charge in [0.1, 0.15) is 11.2 Å². The molecule has 1 fully saturated rings. The Morgan fingerprint density at radius 2 is 1.94 bits per heavy atom. The van der Waals surface area contributed by atoms with Crippen molar-refractivity contribution in [2.45, 2.75) is 6.54 Å². The van der Waals surface area contributed by atoms with Crippen LogP contribution in [0.5, 0.6) is 0 Å². The third kappa shape index (κ3) is 3.66. The summed E-state index contributed by atoms with van der Waals surface area (Å²) in [6.07, 6.45) is 3.64. The number of piperazine rings is 1. The molecule has 1 aliphatic heterocycles. The van der Waals surface area contributed by atoms with Crippen LogP contribution in [0.4, 0.5) is 5.69 Å². The van der Waals surface area contributed by atoms with Crippen LogP contribution < -0.4 is 10.5 Å². The fourth-order valence-electron chi connectivity index (χ4n) is 4.17. The van der Waals surface area contributed by atoms with Crippen LogP contribution in [0.1, 0.15) is 16.1 Å². The highest BCUT2D eigenvalue weighted by Gasteiger charge is 2.18. The molecule has 0 spiro atoms. The van der Waals surface area contributed by atoms with Crippen LogP contribution in [0.15, 0.2) is 59.7 Å². The highest BCUT2D eigenvalue weighted by atomic mass is 16.5. The van der Waals surface area contributed by atoms with E-state index in [9.17, 15) is 9.59 Å². The molecule has 1 N–H and O–H groups in total. The molecule has 8 nitrogen and oxygen atoms in total. The number of H-pyrrole nitrogens is 1. The Hall–Kier alpha value is -3.65. The van der Waals surface area contributed by atoms with Gasteiger partial charge in [-0.1, -0.05) is 6.07 Å². The number of ether oxygens (including phenoxy) is 1. The van der Waals surface area contributed by atoms with Gasteiger partial charge < -0.3 is 19.0 Å².